The lowest BCUT2D eigenvalue weighted by atomic mass is 9.99. The minimum absolute atomic E-state index is 0. The van der Waals surface area contributed by atoms with Crippen LogP contribution < -0.4 is 5.73 Å². The molecule has 6 heteroatoms. The van der Waals surface area contributed by atoms with Gasteiger partial charge in [-0.3, -0.25) is 0 Å². The van der Waals surface area contributed by atoms with Crippen molar-refractivity contribution in [3.05, 3.63) is 0 Å². The molecule has 0 radical (unpaired) electrons. The third-order valence-electron chi connectivity index (χ3n) is 1.91. The molecule has 0 aromatic heterocycles. The summed E-state index contributed by atoms with van der Waals surface area (Å²) in [6.07, 6.45) is -3.91. The fraction of sp³-hybridized carbons (Fsp3) is 1.00. The highest BCUT2D eigenvalue weighted by molar-refractivity contribution is 5.85. The molecular formula is C6H14ClNO4. The van der Waals surface area contributed by atoms with E-state index in [0.29, 0.717) is 0 Å². The molecule has 1 saturated heterocycles. The number of ether oxygens (including phenoxy) is 1. The van der Waals surface area contributed by atoms with E-state index >= 15 is 0 Å². The van der Waals surface area contributed by atoms with Crippen LogP contribution in [-0.4, -0.2) is 46.0 Å². The van der Waals surface area contributed by atoms with Crippen molar-refractivity contribution in [2.45, 2.75) is 37.6 Å². The number of aliphatic hydroxyl groups excluding tert-OH is 3. The van der Waals surface area contributed by atoms with Gasteiger partial charge in [-0.15, -0.1) is 12.4 Å². The minimum atomic E-state index is -1.19. The van der Waals surface area contributed by atoms with E-state index in [4.69, 9.17) is 20.7 Å². The first-order valence-electron chi connectivity index (χ1n) is 3.49. The Hall–Kier alpha value is 0.0900. The summed E-state index contributed by atoms with van der Waals surface area (Å²) in [4.78, 5) is 0. The topological polar surface area (TPSA) is 95.9 Å². The summed E-state index contributed by atoms with van der Waals surface area (Å²) in [6, 6.07) is -0.929. The first-order valence-corrected chi connectivity index (χ1v) is 3.49. The molecule has 5 nitrogen and oxygen atoms in total. The summed E-state index contributed by atoms with van der Waals surface area (Å²) < 4.78 is 4.80. The first kappa shape index (κ1) is 12.1. The maximum atomic E-state index is 9.17. The SMILES string of the molecule is C[C@H]1OC(O)[C@H](N)[C@@H](O)[C@H]1O.Cl. The Balaban J connectivity index is 0.00000121. The van der Waals surface area contributed by atoms with Gasteiger partial charge in [0.25, 0.3) is 0 Å². The molecule has 0 amide bonds. The van der Waals surface area contributed by atoms with Gasteiger partial charge in [0.2, 0.25) is 0 Å². The van der Waals surface area contributed by atoms with Crippen molar-refractivity contribution in [3.8, 4) is 0 Å². The molecule has 1 rings (SSSR count). The maximum Gasteiger partial charge on any atom is 0.172 e. The van der Waals surface area contributed by atoms with Crippen LogP contribution in [0.3, 0.4) is 0 Å². The Morgan fingerprint density at radius 1 is 1.17 bits per heavy atom. The molecule has 1 aliphatic rings. The van der Waals surface area contributed by atoms with Crippen molar-refractivity contribution < 1.29 is 20.1 Å². The Bertz CT molecular complexity index is 134. The van der Waals surface area contributed by atoms with Crippen LogP contribution in [0, 0.1) is 0 Å². The van der Waals surface area contributed by atoms with Crippen molar-refractivity contribution in [2.75, 3.05) is 0 Å². The normalized spacial score (nSPS) is 48.2. The summed E-state index contributed by atoms with van der Waals surface area (Å²) in [7, 11) is 0. The van der Waals surface area contributed by atoms with E-state index in [2.05, 4.69) is 0 Å². The lowest BCUT2D eigenvalue weighted by Gasteiger charge is -2.37. The molecule has 12 heavy (non-hydrogen) atoms. The minimum Gasteiger partial charge on any atom is -0.388 e. The van der Waals surface area contributed by atoms with E-state index in [0.717, 1.165) is 0 Å². The monoisotopic (exact) mass is 199 g/mol. The summed E-state index contributed by atoms with van der Waals surface area (Å²) in [6.45, 7) is 1.56. The van der Waals surface area contributed by atoms with E-state index in [1.807, 2.05) is 0 Å². The molecule has 5 atom stereocenters. The third-order valence-corrected chi connectivity index (χ3v) is 1.91. The van der Waals surface area contributed by atoms with Gasteiger partial charge in [0.15, 0.2) is 6.29 Å². The average Bonchev–Trinajstić information content (AvgIpc) is 1.97. The number of hydrogen-bond donors (Lipinski definition) is 4. The Labute approximate surface area is 76.5 Å². The Morgan fingerprint density at radius 2 is 1.67 bits per heavy atom. The summed E-state index contributed by atoms with van der Waals surface area (Å²) >= 11 is 0. The quantitative estimate of drug-likeness (QED) is 0.369. The van der Waals surface area contributed by atoms with E-state index < -0.39 is 30.6 Å². The zero-order valence-corrected chi connectivity index (χ0v) is 7.44. The fourth-order valence-corrected chi connectivity index (χ4v) is 1.07. The second-order valence-corrected chi connectivity index (χ2v) is 2.79. The molecule has 74 valence electrons. The molecule has 1 unspecified atom stereocenters. The Morgan fingerprint density at radius 3 is 2.17 bits per heavy atom. The van der Waals surface area contributed by atoms with Crippen LogP contribution >= 0.6 is 12.4 Å². The van der Waals surface area contributed by atoms with Crippen LogP contribution in [0.25, 0.3) is 0 Å². The molecule has 0 bridgehead atoms. The first-order chi connectivity index (χ1) is 5.04. The molecule has 0 spiro atoms. The average molecular weight is 200 g/mol. The highest BCUT2D eigenvalue weighted by atomic mass is 35.5. The lowest BCUT2D eigenvalue weighted by molar-refractivity contribution is -0.236. The standard InChI is InChI=1S/C6H13NO4.ClH/c1-2-4(8)5(9)3(7)6(10)11-2;/h2-6,8-10H,7H2,1H3;1H/t2-,3-,4+,5-,6?;/m1./s1. The van der Waals surface area contributed by atoms with Gasteiger partial charge >= 0.3 is 0 Å². The van der Waals surface area contributed by atoms with E-state index in [-0.39, 0.29) is 12.4 Å². The second kappa shape index (κ2) is 4.36. The van der Waals surface area contributed by atoms with Gasteiger partial charge in [0, 0.05) is 0 Å². The van der Waals surface area contributed by atoms with Gasteiger partial charge in [-0.1, -0.05) is 0 Å². The van der Waals surface area contributed by atoms with Crippen LogP contribution in [0.4, 0.5) is 0 Å². The summed E-state index contributed by atoms with van der Waals surface area (Å²) in [5.74, 6) is 0. The maximum absolute atomic E-state index is 9.17. The third kappa shape index (κ3) is 2.07. The molecule has 0 aromatic carbocycles. The van der Waals surface area contributed by atoms with E-state index in [1.165, 1.54) is 0 Å². The highest BCUT2D eigenvalue weighted by Gasteiger charge is 2.39. The van der Waals surface area contributed by atoms with Crippen molar-refractivity contribution in [1.29, 1.82) is 0 Å². The van der Waals surface area contributed by atoms with Gasteiger partial charge in [-0.25, -0.2) is 0 Å². The van der Waals surface area contributed by atoms with Gasteiger partial charge < -0.3 is 25.8 Å². The number of hydrogen-bond acceptors (Lipinski definition) is 5. The van der Waals surface area contributed by atoms with Crippen LogP contribution in [0.1, 0.15) is 6.92 Å². The van der Waals surface area contributed by atoms with E-state index in [1.54, 1.807) is 6.92 Å². The van der Waals surface area contributed by atoms with Gasteiger partial charge in [0.05, 0.1) is 12.1 Å². The molecular weight excluding hydrogens is 186 g/mol. The van der Waals surface area contributed by atoms with Crippen LogP contribution in [-0.2, 0) is 4.74 Å². The molecule has 5 N–H and O–H groups in total. The predicted octanol–water partition coefficient (Wildman–Crippen LogP) is -1.81. The molecule has 1 heterocycles. The van der Waals surface area contributed by atoms with Gasteiger partial charge in [-0.2, -0.15) is 0 Å². The van der Waals surface area contributed by atoms with Crippen molar-refractivity contribution in [1.82, 2.24) is 0 Å². The number of rotatable bonds is 0. The molecule has 1 fully saturated rings. The predicted molar refractivity (Wildman–Crippen MR) is 43.8 cm³/mol. The highest BCUT2D eigenvalue weighted by Crippen LogP contribution is 2.17. The lowest BCUT2D eigenvalue weighted by Crippen LogP contribution is -2.60. The molecule has 1 aliphatic heterocycles. The molecule has 0 aromatic rings. The van der Waals surface area contributed by atoms with Crippen LogP contribution in [0.15, 0.2) is 0 Å². The molecule has 0 saturated carbocycles. The Kier molecular flexibility index (Phi) is 4.39. The van der Waals surface area contributed by atoms with Crippen LogP contribution in [0.2, 0.25) is 0 Å². The van der Waals surface area contributed by atoms with Crippen LogP contribution in [0.5, 0.6) is 0 Å². The number of aliphatic hydroxyl groups is 3. The molecule has 0 aliphatic carbocycles. The van der Waals surface area contributed by atoms with Crippen molar-refractivity contribution in [2.24, 2.45) is 5.73 Å². The van der Waals surface area contributed by atoms with Crippen molar-refractivity contribution in [3.63, 3.8) is 0 Å². The van der Waals surface area contributed by atoms with Gasteiger partial charge in [-0.05, 0) is 6.92 Å². The summed E-state index contributed by atoms with van der Waals surface area (Å²) in [5, 5.41) is 27.4. The van der Waals surface area contributed by atoms with Crippen molar-refractivity contribution >= 4 is 12.4 Å². The number of nitrogens with two attached hydrogens (primary N) is 1. The van der Waals surface area contributed by atoms with Gasteiger partial charge in [0.1, 0.15) is 12.2 Å². The number of halogens is 1. The zero-order chi connectivity index (χ0) is 8.59. The summed E-state index contributed by atoms with van der Waals surface area (Å²) in [5.41, 5.74) is 5.29. The largest absolute Gasteiger partial charge is 0.388 e. The second-order valence-electron chi connectivity index (χ2n) is 2.79. The van der Waals surface area contributed by atoms with E-state index in [9.17, 15) is 5.11 Å². The smallest absolute Gasteiger partial charge is 0.172 e. The fourth-order valence-electron chi connectivity index (χ4n) is 1.07. The zero-order valence-electron chi connectivity index (χ0n) is 6.62.